The Hall–Kier alpha value is -3.22. The summed E-state index contributed by atoms with van der Waals surface area (Å²) in [7, 11) is 0. The normalized spacial score (nSPS) is 23.2. The van der Waals surface area contributed by atoms with Gasteiger partial charge in [-0.3, -0.25) is 19.5 Å². The number of aliphatic hydroxyl groups is 1. The van der Waals surface area contributed by atoms with E-state index in [-0.39, 0.29) is 12.2 Å². The maximum absolute atomic E-state index is 14.1. The third-order valence-electron chi connectivity index (χ3n) is 6.69. The van der Waals surface area contributed by atoms with Crippen LogP contribution in [0.1, 0.15) is 47.7 Å². The highest BCUT2D eigenvalue weighted by Crippen LogP contribution is 2.53. The zero-order valence-corrected chi connectivity index (χ0v) is 19.0. The topological polar surface area (TPSA) is 82.5 Å². The van der Waals surface area contributed by atoms with Gasteiger partial charge >= 0.3 is 0 Å². The smallest absolute Gasteiger partial charge is 0.265 e. The van der Waals surface area contributed by atoms with Gasteiger partial charge in [-0.05, 0) is 42.8 Å². The van der Waals surface area contributed by atoms with Gasteiger partial charge in [0.25, 0.3) is 5.91 Å². The van der Waals surface area contributed by atoms with Crippen molar-refractivity contribution in [3.8, 4) is 0 Å². The molecule has 168 valence electrons. The summed E-state index contributed by atoms with van der Waals surface area (Å²) in [5, 5.41) is 15.8. The summed E-state index contributed by atoms with van der Waals surface area (Å²) in [4.78, 5) is 32.8. The van der Waals surface area contributed by atoms with E-state index in [1.807, 2.05) is 30.3 Å². The molecular formula is C26H24ClN3O3. The molecule has 1 amide bonds. The summed E-state index contributed by atoms with van der Waals surface area (Å²) in [5.41, 5.74) is 0.556. The van der Waals surface area contributed by atoms with E-state index >= 15 is 0 Å². The van der Waals surface area contributed by atoms with E-state index in [4.69, 9.17) is 11.6 Å². The number of halogens is 1. The molecule has 2 N–H and O–H groups in total. The largest absolute Gasteiger partial charge is 0.382 e. The summed E-state index contributed by atoms with van der Waals surface area (Å²) < 4.78 is 0. The number of pyridine rings is 1. The number of anilines is 2. The standard InChI is InChI=1S/C26H24ClN3O3/c1-2-11-25(16-29-21-10-9-18(27)13-20(21)25)30-22-8-4-3-7-19(22)26(33,24(30)32)14-23(31)17-6-5-12-28-15-17/h3-10,12-13,15,29,33H,2,11,14,16H2,1H3. The molecule has 0 radical (unpaired) electrons. The number of carbonyl (C=O) groups excluding carboxylic acids is 2. The predicted molar refractivity (Wildman–Crippen MR) is 128 cm³/mol. The Kier molecular flexibility index (Phi) is 5.22. The Morgan fingerprint density at radius 3 is 2.76 bits per heavy atom. The first-order valence-corrected chi connectivity index (χ1v) is 11.4. The molecule has 5 rings (SSSR count). The molecule has 33 heavy (non-hydrogen) atoms. The van der Waals surface area contributed by atoms with Crippen LogP contribution in [0.5, 0.6) is 0 Å². The fourth-order valence-electron chi connectivity index (χ4n) is 5.23. The fourth-order valence-corrected chi connectivity index (χ4v) is 5.40. The van der Waals surface area contributed by atoms with Gasteiger partial charge in [0.1, 0.15) is 0 Å². The first-order valence-electron chi connectivity index (χ1n) is 11.0. The molecule has 2 aromatic carbocycles. The minimum absolute atomic E-state index is 0.340. The summed E-state index contributed by atoms with van der Waals surface area (Å²) in [5.74, 6) is -0.836. The number of para-hydroxylation sites is 1. The predicted octanol–water partition coefficient (Wildman–Crippen LogP) is 4.66. The molecule has 2 unspecified atom stereocenters. The molecule has 0 aliphatic carbocycles. The fraction of sp³-hybridized carbons (Fsp3) is 0.269. The third-order valence-corrected chi connectivity index (χ3v) is 6.93. The number of amides is 1. The molecule has 0 saturated carbocycles. The number of fused-ring (bicyclic) bond motifs is 2. The van der Waals surface area contributed by atoms with Gasteiger partial charge in [0.2, 0.25) is 0 Å². The highest BCUT2D eigenvalue weighted by molar-refractivity contribution is 6.30. The number of nitrogens with zero attached hydrogens (tertiary/aromatic N) is 2. The number of nitrogens with one attached hydrogen (secondary N) is 1. The van der Waals surface area contributed by atoms with Gasteiger partial charge in [0.15, 0.2) is 11.4 Å². The quantitative estimate of drug-likeness (QED) is 0.521. The first kappa shape index (κ1) is 21.6. The lowest BCUT2D eigenvalue weighted by molar-refractivity contribution is -0.137. The van der Waals surface area contributed by atoms with Gasteiger partial charge < -0.3 is 10.4 Å². The molecule has 2 aliphatic rings. The molecule has 2 aliphatic heterocycles. The van der Waals surface area contributed by atoms with Crippen molar-refractivity contribution in [3.63, 3.8) is 0 Å². The van der Waals surface area contributed by atoms with E-state index in [1.165, 1.54) is 6.20 Å². The Bertz CT molecular complexity index is 1240. The second-order valence-electron chi connectivity index (χ2n) is 8.68. The van der Waals surface area contributed by atoms with Crippen molar-refractivity contribution < 1.29 is 14.7 Å². The molecule has 0 bridgehead atoms. The number of benzene rings is 2. The lowest BCUT2D eigenvalue weighted by Crippen LogP contribution is -2.53. The van der Waals surface area contributed by atoms with Crippen LogP contribution >= 0.6 is 11.6 Å². The van der Waals surface area contributed by atoms with Crippen molar-refractivity contribution in [2.75, 3.05) is 16.8 Å². The van der Waals surface area contributed by atoms with Crippen molar-refractivity contribution in [3.05, 3.63) is 88.7 Å². The van der Waals surface area contributed by atoms with Crippen LogP contribution in [0.15, 0.2) is 67.0 Å². The average Bonchev–Trinajstić information content (AvgIpc) is 3.28. The van der Waals surface area contributed by atoms with Crippen LogP contribution in [0.2, 0.25) is 5.02 Å². The Labute approximate surface area is 197 Å². The molecule has 0 fully saturated rings. The molecule has 7 heteroatoms. The lowest BCUT2D eigenvalue weighted by Gasteiger charge is -2.40. The first-order chi connectivity index (χ1) is 15.9. The second-order valence-corrected chi connectivity index (χ2v) is 9.12. The Balaban J connectivity index is 1.64. The summed E-state index contributed by atoms with van der Waals surface area (Å²) in [6.45, 7) is 2.55. The van der Waals surface area contributed by atoms with E-state index in [0.29, 0.717) is 34.8 Å². The van der Waals surface area contributed by atoms with E-state index in [1.54, 1.807) is 35.4 Å². The van der Waals surface area contributed by atoms with Crippen LogP contribution in [-0.4, -0.2) is 28.3 Å². The van der Waals surface area contributed by atoms with Crippen LogP contribution < -0.4 is 10.2 Å². The minimum Gasteiger partial charge on any atom is -0.382 e. The highest BCUT2D eigenvalue weighted by atomic mass is 35.5. The van der Waals surface area contributed by atoms with Gasteiger partial charge in [0.05, 0.1) is 17.6 Å². The van der Waals surface area contributed by atoms with Crippen molar-refractivity contribution in [1.82, 2.24) is 4.98 Å². The number of hydrogen-bond donors (Lipinski definition) is 2. The van der Waals surface area contributed by atoms with Crippen LogP contribution in [0.4, 0.5) is 11.4 Å². The number of rotatable bonds is 6. The molecule has 3 heterocycles. The molecule has 0 spiro atoms. The zero-order chi connectivity index (χ0) is 23.2. The molecule has 0 saturated heterocycles. The van der Waals surface area contributed by atoms with Crippen molar-refractivity contribution in [1.29, 1.82) is 0 Å². The number of aromatic nitrogens is 1. The number of carbonyl (C=O) groups is 2. The molecule has 3 aromatic rings. The van der Waals surface area contributed by atoms with Crippen LogP contribution in [0, 0.1) is 0 Å². The van der Waals surface area contributed by atoms with E-state index in [2.05, 4.69) is 17.2 Å². The summed E-state index contributed by atoms with van der Waals surface area (Å²) in [6.07, 6.45) is 4.15. The molecular weight excluding hydrogens is 438 g/mol. The van der Waals surface area contributed by atoms with Crippen molar-refractivity contribution in [2.24, 2.45) is 0 Å². The van der Waals surface area contributed by atoms with Gasteiger partial charge in [0, 0.05) is 46.3 Å². The molecule has 2 atom stereocenters. The van der Waals surface area contributed by atoms with Gasteiger partial charge in [-0.1, -0.05) is 43.1 Å². The lowest BCUT2D eigenvalue weighted by atomic mass is 9.84. The highest BCUT2D eigenvalue weighted by Gasteiger charge is 2.58. The SMILES string of the molecule is CCCC1(N2C(=O)C(O)(CC(=O)c3cccnc3)c3ccccc32)CNc2ccc(Cl)cc21. The third kappa shape index (κ3) is 3.24. The van der Waals surface area contributed by atoms with Crippen LogP contribution in [0.3, 0.4) is 0 Å². The van der Waals surface area contributed by atoms with Crippen LogP contribution in [-0.2, 0) is 15.9 Å². The second kappa shape index (κ2) is 7.97. The number of hydrogen-bond acceptors (Lipinski definition) is 5. The summed E-state index contributed by atoms with van der Waals surface area (Å²) in [6, 6.07) is 16.1. The van der Waals surface area contributed by atoms with Crippen molar-refractivity contribution in [2.45, 2.75) is 37.3 Å². The van der Waals surface area contributed by atoms with E-state index in [9.17, 15) is 14.7 Å². The zero-order valence-electron chi connectivity index (χ0n) is 18.2. The molecule has 1 aromatic heterocycles. The number of Topliss-reactive ketones (excluding diaryl/α,β-unsaturated/α-hetero) is 1. The van der Waals surface area contributed by atoms with Gasteiger partial charge in [-0.25, -0.2) is 0 Å². The average molecular weight is 462 g/mol. The van der Waals surface area contributed by atoms with Gasteiger partial charge in [-0.15, -0.1) is 0 Å². The van der Waals surface area contributed by atoms with E-state index < -0.39 is 17.0 Å². The molecule has 6 nitrogen and oxygen atoms in total. The summed E-state index contributed by atoms with van der Waals surface area (Å²) >= 11 is 6.36. The minimum atomic E-state index is -1.97. The van der Waals surface area contributed by atoms with Crippen molar-refractivity contribution >= 4 is 34.7 Å². The van der Waals surface area contributed by atoms with Crippen LogP contribution in [0.25, 0.3) is 0 Å². The maximum Gasteiger partial charge on any atom is 0.265 e. The number of ketones is 1. The van der Waals surface area contributed by atoms with E-state index in [0.717, 1.165) is 17.7 Å². The maximum atomic E-state index is 14.1. The van der Waals surface area contributed by atoms with Gasteiger partial charge in [-0.2, -0.15) is 0 Å². The Morgan fingerprint density at radius 1 is 1.18 bits per heavy atom. The monoisotopic (exact) mass is 461 g/mol. The Morgan fingerprint density at radius 2 is 2.00 bits per heavy atom.